The van der Waals surface area contributed by atoms with Gasteiger partial charge in [-0.1, -0.05) is 0 Å². The van der Waals surface area contributed by atoms with Crippen molar-refractivity contribution in [3.8, 4) is 0 Å². The lowest BCUT2D eigenvalue weighted by molar-refractivity contribution is -0.143. The fourth-order valence-corrected chi connectivity index (χ4v) is 0.979. The van der Waals surface area contributed by atoms with Crippen LogP contribution < -0.4 is 5.32 Å². The van der Waals surface area contributed by atoms with Gasteiger partial charge < -0.3 is 9.47 Å². The van der Waals surface area contributed by atoms with Crippen LogP contribution in [0.3, 0.4) is 0 Å². The van der Waals surface area contributed by atoms with Crippen LogP contribution in [-0.4, -0.2) is 38.4 Å². The Morgan fingerprint density at radius 3 is 2.15 bits per heavy atom. The summed E-state index contributed by atoms with van der Waals surface area (Å²) >= 11 is 0. The van der Waals surface area contributed by atoms with Crippen LogP contribution in [0.15, 0.2) is 0 Å². The zero-order valence-electron chi connectivity index (χ0n) is 8.96. The number of esters is 1. The maximum absolute atomic E-state index is 11.0. The summed E-state index contributed by atoms with van der Waals surface area (Å²) in [6, 6.07) is -0.170. The van der Waals surface area contributed by atoms with Crippen LogP contribution in [0.5, 0.6) is 0 Å². The standard InChI is InChI=1S/C9H19NO3/c1-6(8(3)12-4)10-7(2)9(11)13-5/h6-8,10H,1-5H3/t6?,7-,8?/m0/s1. The van der Waals surface area contributed by atoms with Gasteiger partial charge in [-0.15, -0.1) is 0 Å². The molecule has 3 atom stereocenters. The SMILES string of the molecule is COC(=O)[C@H](C)NC(C)C(C)OC. The smallest absolute Gasteiger partial charge is 0.322 e. The molecule has 0 rings (SSSR count). The van der Waals surface area contributed by atoms with Crippen molar-refractivity contribution < 1.29 is 14.3 Å². The van der Waals surface area contributed by atoms with Gasteiger partial charge in [0, 0.05) is 13.2 Å². The predicted octanol–water partition coefficient (Wildman–Crippen LogP) is 0.561. The normalized spacial score (nSPS) is 17.6. The average Bonchev–Trinajstić information content (AvgIpc) is 2.14. The zero-order valence-corrected chi connectivity index (χ0v) is 8.96. The molecular weight excluding hydrogens is 170 g/mol. The van der Waals surface area contributed by atoms with Gasteiger partial charge in [0.1, 0.15) is 6.04 Å². The van der Waals surface area contributed by atoms with Crippen LogP contribution in [-0.2, 0) is 14.3 Å². The van der Waals surface area contributed by atoms with Crippen molar-refractivity contribution in [2.24, 2.45) is 0 Å². The van der Waals surface area contributed by atoms with Gasteiger partial charge >= 0.3 is 5.97 Å². The third kappa shape index (κ3) is 4.24. The van der Waals surface area contributed by atoms with Gasteiger partial charge in [-0.05, 0) is 20.8 Å². The number of rotatable bonds is 5. The number of carbonyl (C=O) groups is 1. The van der Waals surface area contributed by atoms with E-state index in [0.717, 1.165) is 0 Å². The second-order valence-corrected chi connectivity index (χ2v) is 3.14. The Balaban J connectivity index is 3.90. The highest BCUT2D eigenvalue weighted by Crippen LogP contribution is 1.98. The minimum Gasteiger partial charge on any atom is -0.468 e. The molecule has 0 saturated heterocycles. The lowest BCUT2D eigenvalue weighted by Gasteiger charge is -2.22. The average molecular weight is 189 g/mol. The molecule has 0 heterocycles. The van der Waals surface area contributed by atoms with Crippen LogP contribution >= 0.6 is 0 Å². The molecule has 0 amide bonds. The Labute approximate surface area is 79.6 Å². The summed E-state index contributed by atoms with van der Waals surface area (Å²) < 4.78 is 9.70. The highest BCUT2D eigenvalue weighted by Gasteiger charge is 2.18. The molecule has 13 heavy (non-hydrogen) atoms. The molecule has 0 spiro atoms. The molecule has 2 unspecified atom stereocenters. The zero-order chi connectivity index (χ0) is 10.4. The summed E-state index contributed by atoms with van der Waals surface area (Å²) in [7, 11) is 3.02. The van der Waals surface area contributed by atoms with Crippen molar-refractivity contribution in [2.45, 2.75) is 39.0 Å². The number of hydrogen-bond donors (Lipinski definition) is 1. The van der Waals surface area contributed by atoms with E-state index in [4.69, 9.17) is 4.74 Å². The molecule has 0 bridgehead atoms. The van der Waals surface area contributed by atoms with Crippen LogP contribution in [0.2, 0.25) is 0 Å². The Hall–Kier alpha value is -0.610. The third-order valence-electron chi connectivity index (χ3n) is 2.14. The molecule has 0 saturated carbocycles. The first-order valence-corrected chi connectivity index (χ1v) is 4.39. The molecule has 1 N–H and O–H groups in total. The highest BCUT2D eigenvalue weighted by molar-refractivity contribution is 5.75. The number of ether oxygens (including phenoxy) is 2. The molecule has 4 heteroatoms. The van der Waals surface area contributed by atoms with E-state index in [2.05, 4.69) is 10.1 Å². The fraction of sp³-hybridized carbons (Fsp3) is 0.889. The van der Waals surface area contributed by atoms with Gasteiger partial charge in [-0.3, -0.25) is 10.1 Å². The van der Waals surface area contributed by atoms with Crippen molar-refractivity contribution in [3.63, 3.8) is 0 Å². The Morgan fingerprint density at radius 2 is 1.77 bits per heavy atom. The van der Waals surface area contributed by atoms with E-state index in [9.17, 15) is 4.79 Å². The lowest BCUT2D eigenvalue weighted by Crippen LogP contribution is -2.45. The second-order valence-electron chi connectivity index (χ2n) is 3.14. The van der Waals surface area contributed by atoms with E-state index >= 15 is 0 Å². The molecule has 0 aliphatic rings. The van der Waals surface area contributed by atoms with E-state index in [1.54, 1.807) is 14.0 Å². The molecule has 0 aromatic rings. The minimum absolute atomic E-state index is 0.0760. The summed E-state index contributed by atoms with van der Waals surface area (Å²) in [5.74, 6) is -0.254. The Kier molecular flexibility index (Phi) is 5.66. The number of carbonyl (C=O) groups excluding carboxylic acids is 1. The first-order chi connectivity index (χ1) is 6.02. The number of nitrogens with one attached hydrogen (secondary N) is 1. The molecule has 0 aliphatic heterocycles. The molecular formula is C9H19NO3. The van der Waals surface area contributed by atoms with Gasteiger partial charge in [0.25, 0.3) is 0 Å². The maximum atomic E-state index is 11.0. The van der Waals surface area contributed by atoms with E-state index < -0.39 is 0 Å². The van der Waals surface area contributed by atoms with E-state index in [1.807, 2.05) is 13.8 Å². The Morgan fingerprint density at radius 1 is 1.23 bits per heavy atom. The highest BCUT2D eigenvalue weighted by atomic mass is 16.5. The summed E-state index contributed by atoms with van der Waals surface area (Å²) in [5.41, 5.74) is 0. The maximum Gasteiger partial charge on any atom is 0.322 e. The molecule has 0 aromatic heterocycles. The van der Waals surface area contributed by atoms with E-state index in [-0.39, 0.29) is 24.2 Å². The number of hydrogen-bond acceptors (Lipinski definition) is 4. The predicted molar refractivity (Wildman–Crippen MR) is 50.5 cm³/mol. The van der Waals surface area contributed by atoms with E-state index in [0.29, 0.717) is 0 Å². The fourth-order valence-electron chi connectivity index (χ4n) is 0.979. The summed E-state index contributed by atoms with van der Waals surface area (Å²) in [4.78, 5) is 11.0. The third-order valence-corrected chi connectivity index (χ3v) is 2.14. The van der Waals surface area contributed by atoms with Crippen molar-refractivity contribution in [3.05, 3.63) is 0 Å². The number of methoxy groups -OCH3 is 2. The summed E-state index contributed by atoms with van der Waals surface area (Å²) in [5, 5.41) is 3.08. The summed E-state index contributed by atoms with van der Waals surface area (Å²) in [6.45, 7) is 5.68. The van der Waals surface area contributed by atoms with Crippen molar-refractivity contribution >= 4 is 5.97 Å². The molecule has 0 aliphatic carbocycles. The molecule has 0 aromatic carbocycles. The monoisotopic (exact) mass is 189 g/mol. The Bertz CT molecular complexity index is 161. The largest absolute Gasteiger partial charge is 0.468 e. The minimum atomic E-state index is -0.294. The molecule has 0 radical (unpaired) electrons. The van der Waals surface area contributed by atoms with E-state index in [1.165, 1.54) is 7.11 Å². The topological polar surface area (TPSA) is 47.6 Å². The molecule has 78 valence electrons. The molecule has 0 fully saturated rings. The van der Waals surface area contributed by atoms with Gasteiger partial charge in [0.05, 0.1) is 13.2 Å². The van der Waals surface area contributed by atoms with Crippen molar-refractivity contribution in [2.75, 3.05) is 14.2 Å². The quantitative estimate of drug-likeness (QED) is 0.642. The second kappa shape index (κ2) is 5.94. The van der Waals surface area contributed by atoms with Gasteiger partial charge in [0.2, 0.25) is 0 Å². The van der Waals surface area contributed by atoms with Crippen LogP contribution in [0.25, 0.3) is 0 Å². The van der Waals surface area contributed by atoms with Gasteiger partial charge in [-0.25, -0.2) is 0 Å². The summed E-state index contributed by atoms with van der Waals surface area (Å²) in [6.07, 6.45) is 0.0760. The first-order valence-electron chi connectivity index (χ1n) is 4.39. The van der Waals surface area contributed by atoms with Crippen molar-refractivity contribution in [1.82, 2.24) is 5.32 Å². The van der Waals surface area contributed by atoms with Crippen LogP contribution in [0.4, 0.5) is 0 Å². The first kappa shape index (κ1) is 12.4. The van der Waals surface area contributed by atoms with Crippen molar-refractivity contribution in [1.29, 1.82) is 0 Å². The molecule has 4 nitrogen and oxygen atoms in total. The van der Waals surface area contributed by atoms with Gasteiger partial charge in [0.15, 0.2) is 0 Å². The van der Waals surface area contributed by atoms with Crippen LogP contribution in [0, 0.1) is 0 Å². The lowest BCUT2D eigenvalue weighted by atomic mass is 10.2. The van der Waals surface area contributed by atoms with Crippen LogP contribution in [0.1, 0.15) is 20.8 Å². The van der Waals surface area contributed by atoms with Gasteiger partial charge in [-0.2, -0.15) is 0 Å².